The molecular weight excluding hydrogens is 651 g/mol. The van der Waals surface area contributed by atoms with Gasteiger partial charge in [0.05, 0.1) is 17.2 Å². The van der Waals surface area contributed by atoms with Gasteiger partial charge in [-0.3, -0.25) is 0 Å². The fraction of sp³-hybridized carbons (Fsp3) is 0.286. The Hall–Kier alpha value is -3.37. The molecule has 0 bridgehead atoms. The van der Waals surface area contributed by atoms with Gasteiger partial charge in [0.2, 0.25) is 0 Å². The molecule has 3 aromatic rings. The van der Waals surface area contributed by atoms with Crippen molar-refractivity contribution < 1.29 is 62.0 Å². The second kappa shape index (κ2) is 14.2. The Morgan fingerprint density at radius 1 is 0.750 bits per heavy atom. The Bertz CT molecular complexity index is 1440. The third-order valence-corrected chi connectivity index (χ3v) is 8.70. The summed E-state index contributed by atoms with van der Waals surface area (Å²) in [6.07, 6.45) is -5.72. The maximum Gasteiger partial charge on any atom is 0.460 e. The number of ether oxygens (including phenoxy) is 2. The number of alkyl halides is 9. The van der Waals surface area contributed by atoms with Crippen LogP contribution in [0.5, 0.6) is 5.75 Å². The van der Waals surface area contributed by atoms with E-state index in [9.17, 15) is 52.5 Å². The molecular formula is C28H25F9O5S2. The highest BCUT2D eigenvalue weighted by Crippen LogP contribution is 2.54. The topological polar surface area (TPSA) is 75.7 Å². The summed E-state index contributed by atoms with van der Waals surface area (Å²) >= 11 is 0. The summed E-state index contributed by atoms with van der Waals surface area (Å²) in [7, 11) is -7.56. The molecule has 0 saturated carbocycles. The minimum atomic E-state index is -7.43. The smallest absolute Gasteiger partial charge is 0.460 e. The van der Waals surface area contributed by atoms with Crippen molar-refractivity contribution in [1.29, 1.82) is 0 Å². The molecule has 0 aromatic heterocycles. The predicted molar refractivity (Wildman–Crippen MR) is 143 cm³/mol. The first kappa shape index (κ1) is 36.8. The number of hydrogen-bond donors (Lipinski definition) is 0. The van der Waals surface area contributed by atoms with Crippen LogP contribution < -0.4 is 4.74 Å². The number of aryl methyl sites for hydroxylation is 2. The van der Waals surface area contributed by atoms with Crippen LogP contribution in [-0.2, 0) is 25.7 Å². The lowest BCUT2D eigenvalue weighted by Gasteiger charge is -2.34. The van der Waals surface area contributed by atoms with E-state index >= 15 is 0 Å². The quantitative estimate of drug-likeness (QED) is 0.0679. The second-order valence-corrected chi connectivity index (χ2v) is 12.3. The molecule has 5 nitrogen and oxygen atoms in total. The van der Waals surface area contributed by atoms with Gasteiger partial charge in [-0.1, -0.05) is 43.0 Å². The zero-order valence-electron chi connectivity index (χ0n) is 22.9. The van der Waals surface area contributed by atoms with Gasteiger partial charge in [-0.25, -0.2) is 8.42 Å². The summed E-state index contributed by atoms with van der Waals surface area (Å²) in [5.74, 6) is -13.9. The van der Waals surface area contributed by atoms with Gasteiger partial charge < -0.3 is 14.0 Å². The molecule has 0 aliphatic carbocycles. The van der Waals surface area contributed by atoms with Crippen molar-refractivity contribution in [2.24, 2.45) is 0 Å². The number of rotatable bonds is 11. The summed E-state index contributed by atoms with van der Waals surface area (Å²) in [6, 6.07) is 25.9. The van der Waals surface area contributed by atoms with E-state index in [1.54, 1.807) is 0 Å². The molecule has 0 radical (unpaired) electrons. The van der Waals surface area contributed by atoms with Gasteiger partial charge in [-0.15, -0.1) is 0 Å². The lowest BCUT2D eigenvalue weighted by molar-refractivity contribution is -0.382. The Balaban J connectivity index is 0.000000345. The molecule has 0 fully saturated rings. The first-order valence-electron chi connectivity index (χ1n) is 12.2. The maximum atomic E-state index is 12.2. The van der Waals surface area contributed by atoms with Gasteiger partial charge in [0.1, 0.15) is 19.0 Å². The molecule has 0 atom stereocenters. The van der Waals surface area contributed by atoms with E-state index in [0.717, 1.165) is 16.9 Å². The SMILES string of the molecule is C=COCCOc1c(C)cc([S+](c2ccccc2)c2ccccc2)cc1C.O=S(=O)([O-])C(F)(F)C(F)(F)C(F)(F)C(F)(F)F. The minimum Gasteiger partial charge on any atom is -0.743 e. The fourth-order valence-electron chi connectivity index (χ4n) is 3.57. The molecule has 3 aromatic carbocycles. The fourth-order valence-corrected chi connectivity index (χ4v) is 6.28. The summed E-state index contributed by atoms with van der Waals surface area (Å²) in [4.78, 5) is 3.93. The molecule has 0 aliphatic rings. The van der Waals surface area contributed by atoms with Crippen molar-refractivity contribution in [2.75, 3.05) is 13.2 Å². The minimum absolute atomic E-state index is 0.146. The lowest BCUT2D eigenvalue weighted by atomic mass is 10.1. The van der Waals surface area contributed by atoms with E-state index in [0.29, 0.717) is 13.2 Å². The monoisotopic (exact) mass is 676 g/mol. The van der Waals surface area contributed by atoms with Gasteiger partial charge in [-0.05, 0) is 49.2 Å². The first-order valence-corrected chi connectivity index (χ1v) is 14.8. The van der Waals surface area contributed by atoms with Crippen molar-refractivity contribution in [3.05, 3.63) is 96.8 Å². The molecule has 0 amide bonds. The van der Waals surface area contributed by atoms with Crippen LogP contribution in [0.1, 0.15) is 11.1 Å². The van der Waals surface area contributed by atoms with Crippen molar-refractivity contribution in [2.45, 2.75) is 51.8 Å². The summed E-state index contributed by atoms with van der Waals surface area (Å²) < 4.78 is 147. The van der Waals surface area contributed by atoms with Gasteiger partial charge in [0, 0.05) is 12.1 Å². The van der Waals surface area contributed by atoms with Crippen LogP contribution in [0.25, 0.3) is 0 Å². The van der Waals surface area contributed by atoms with E-state index in [1.165, 1.54) is 20.9 Å². The molecule has 0 heterocycles. The Labute approximate surface area is 250 Å². The van der Waals surface area contributed by atoms with Crippen LogP contribution in [0.15, 0.2) is 100 Å². The molecule has 0 N–H and O–H groups in total. The molecule has 242 valence electrons. The van der Waals surface area contributed by atoms with E-state index in [1.807, 2.05) is 0 Å². The van der Waals surface area contributed by atoms with E-state index in [2.05, 4.69) is 93.2 Å². The molecule has 0 aliphatic heterocycles. The van der Waals surface area contributed by atoms with Gasteiger partial charge >= 0.3 is 23.3 Å². The van der Waals surface area contributed by atoms with Crippen LogP contribution in [0.2, 0.25) is 0 Å². The van der Waals surface area contributed by atoms with Crippen molar-refractivity contribution >= 4 is 21.0 Å². The standard InChI is InChI=1S/C24H25O2S.C4HF9O3S/c1-4-25-15-16-26-24-19(2)17-23(18-20(24)3)27(21-11-7-5-8-12-21)22-13-9-6-10-14-22;5-1(6,3(9,10)11)2(7,8)4(12,13)17(14,15)16/h4-14,17-18H,1,15-16H2,2-3H3;(H,14,15,16)/q+1;/p-1. The van der Waals surface area contributed by atoms with Crippen molar-refractivity contribution in [3.8, 4) is 5.75 Å². The van der Waals surface area contributed by atoms with Crippen LogP contribution >= 0.6 is 0 Å². The average molecular weight is 677 g/mol. The third-order valence-electron chi connectivity index (χ3n) is 5.62. The highest BCUT2D eigenvalue weighted by molar-refractivity contribution is 7.97. The van der Waals surface area contributed by atoms with Gasteiger partial charge in [0.15, 0.2) is 24.8 Å². The van der Waals surface area contributed by atoms with Crippen molar-refractivity contribution in [3.63, 3.8) is 0 Å². The highest BCUT2D eigenvalue weighted by atomic mass is 32.2. The Morgan fingerprint density at radius 2 is 1.18 bits per heavy atom. The zero-order chi connectivity index (χ0) is 33.6. The molecule has 0 saturated heterocycles. The van der Waals surface area contributed by atoms with Crippen molar-refractivity contribution in [1.82, 2.24) is 0 Å². The van der Waals surface area contributed by atoms with E-state index in [-0.39, 0.29) is 10.9 Å². The first-order chi connectivity index (χ1) is 20.2. The molecule has 44 heavy (non-hydrogen) atoms. The normalized spacial score (nSPS) is 12.8. The number of halogens is 9. The summed E-state index contributed by atoms with van der Waals surface area (Å²) in [5.41, 5.74) is 2.29. The number of benzene rings is 3. The van der Waals surface area contributed by atoms with E-state index < -0.39 is 33.4 Å². The predicted octanol–water partition coefficient (Wildman–Crippen LogP) is 7.90. The van der Waals surface area contributed by atoms with Crippen LogP contribution in [0, 0.1) is 13.8 Å². The summed E-state index contributed by atoms with van der Waals surface area (Å²) in [5, 5.41) is -7.11. The van der Waals surface area contributed by atoms with E-state index in [4.69, 9.17) is 9.47 Å². The molecule has 0 unspecified atom stereocenters. The average Bonchev–Trinajstić information content (AvgIpc) is 2.92. The second-order valence-electron chi connectivity index (χ2n) is 8.82. The lowest BCUT2D eigenvalue weighted by Crippen LogP contribution is -2.63. The largest absolute Gasteiger partial charge is 0.743 e. The third kappa shape index (κ3) is 8.01. The Kier molecular flexibility index (Phi) is 11.8. The number of hydrogen-bond acceptors (Lipinski definition) is 5. The van der Waals surface area contributed by atoms with Crippen LogP contribution in [0.4, 0.5) is 39.5 Å². The zero-order valence-corrected chi connectivity index (χ0v) is 24.5. The maximum absolute atomic E-state index is 12.2. The van der Waals surface area contributed by atoms with Crippen LogP contribution in [0.3, 0.4) is 0 Å². The van der Waals surface area contributed by atoms with Gasteiger partial charge in [-0.2, -0.15) is 39.5 Å². The summed E-state index contributed by atoms with van der Waals surface area (Å²) in [6.45, 7) is 8.78. The highest BCUT2D eigenvalue weighted by Gasteiger charge is 2.83. The molecule has 0 spiro atoms. The Morgan fingerprint density at radius 3 is 1.55 bits per heavy atom. The van der Waals surface area contributed by atoms with Crippen LogP contribution in [-0.4, -0.2) is 49.5 Å². The molecule has 3 rings (SSSR count). The van der Waals surface area contributed by atoms with Gasteiger partial charge in [0.25, 0.3) is 0 Å². The molecule has 16 heteroatoms.